The van der Waals surface area contributed by atoms with E-state index in [2.05, 4.69) is 20.8 Å². The van der Waals surface area contributed by atoms with Crippen LogP contribution in [0.1, 0.15) is 21.7 Å². The molecule has 1 fully saturated rings. The third kappa shape index (κ3) is 3.71. The predicted octanol–water partition coefficient (Wildman–Crippen LogP) is -1.55. The first-order chi connectivity index (χ1) is 10.9. The number of nitrogens with zero attached hydrogens (tertiary/aromatic N) is 2. The molecule has 0 bridgehead atoms. The molecule has 9 nitrogen and oxygen atoms in total. The maximum atomic E-state index is 12.3. The maximum absolute atomic E-state index is 12.3. The number of sulfonamides is 1. The normalized spacial score (nSPS) is 22.6. The fourth-order valence-corrected chi connectivity index (χ4v) is 3.68. The molecule has 0 aromatic carbocycles. The lowest BCUT2D eigenvalue weighted by molar-refractivity contribution is 0.000406. The van der Waals surface area contributed by atoms with Crippen molar-refractivity contribution in [2.75, 3.05) is 39.0 Å². The van der Waals surface area contributed by atoms with Crippen molar-refractivity contribution in [3.05, 3.63) is 17.0 Å². The van der Waals surface area contributed by atoms with Crippen molar-refractivity contribution < 1.29 is 17.9 Å². The summed E-state index contributed by atoms with van der Waals surface area (Å²) in [7, 11) is -3.24. The fraction of sp³-hybridized carbons (Fsp3) is 0.692. The quantitative estimate of drug-likeness (QED) is 0.609. The standard InChI is InChI=1S/C13H21N5O4S/c1-23(20,21)18-4-5-22-9(8-18)6-15-13(19)12-10-2-3-14-7-11(10)16-17-12/h9,14H,2-8H2,1H3,(H,15,19)(H,16,17). The summed E-state index contributed by atoms with van der Waals surface area (Å²) in [5, 5.41) is 13.0. The van der Waals surface area contributed by atoms with Crippen molar-refractivity contribution >= 4 is 15.9 Å². The number of aromatic nitrogens is 2. The number of aromatic amines is 1. The lowest BCUT2D eigenvalue weighted by Crippen LogP contribution is -2.49. The Bertz CT molecular complexity index is 687. The Balaban J connectivity index is 1.58. The maximum Gasteiger partial charge on any atom is 0.272 e. The molecule has 10 heteroatoms. The first-order valence-corrected chi connectivity index (χ1v) is 9.41. The number of hydrogen-bond acceptors (Lipinski definition) is 6. The van der Waals surface area contributed by atoms with Crippen LogP contribution in [0.25, 0.3) is 0 Å². The fourth-order valence-electron chi connectivity index (χ4n) is 2.84. The van der Waals surface area contributed by atoms with Crippen molar-refractivity contribution in [1.82, 2.24) is 25.1 Å². The highest BCUT2D eigenvalue weighted by molar-refractivity contribution is 7.88. The van der Waals surface area contributed by atoms with Gasteiger partial charge in [-0.05, 0) is 13.0 Å². The van der Waals surface area contributed by atoms with E-state index in [0.717, 1.165) is 24.2 Å². The van der Waals surface area contributed by atoms with Crippen LogP contribution in [0.4, 0.5) is 0 Å². The van der Waals surface area contributed by atoms with E-state index < -0.39 is 10.0 Å². The third-order valence-electron chi connectivity index (χ3n) is 4.08. The second kappa shape index (κ2) is 6.56. The Kier molecular flexibility index (Phi) is 4.67. The highest BCUT2D eigenvalue weighted by Crippen LogP contribution is 2.15. The highest BCUT2D eigenvalue weighted by atomic mass is 32.2. The molecule has 1 unspecified atom stereocenters. The second-order valence-corrected chi connectivity index (χ2v) is 7.76. The number of nitrogens with one attached hydrogen (secondary N) is 3. The molecule has 2 aliphatic rings. The number of amides is 1. The summed E-state index contributed by atoms with van der Waals surface area (Å²) < 4.78 is 30.1. The van der Waals surface area contributed by atoms with Gasteiger partial charge in [0.25, 0.3) is 5.91 Å². The van der Waals surface area contributed by atoms with Gasteiger partial charge < -0.3 is 15.4 Å². The molecule has 1 aromatic rings. The summed E-state index contributed by atoms with van der Waals surface area (Å²) in [5.41, 5.74) is 2.31. The van der Waals surface area contributed by atoms with E-state index in [9.17, 15) is 13.2 Å². The van der Waals surface area contributed by atoms with Gasteiger partial charge in [-0.25, -0.2) is 8.42 Å². The molecule has 128 valence electrons. The lowest BCUT2D eigenvalue weighted by atomic mass is 10.1. The molecule has 3 rings (SSSR count). The minimum Gasteiger partial charge on any atom is -0.374 e. The summed E-state index contributed by atoms with van der Waals surface area (Å²) >= 11 is 0. The Morgan fingerprint density at radius 3 is 3.13 bits per heavy atom. The van der Waals surface area contributed by atoms with Crippen LogP contribution in [0, 0.1) is 0 Å². The number of fused-ring (bicyclic) bond motifs is 1. The molecule has 23 heavy (non-hydrogen) atoms. The molecule has 1 saturated heterocycles. The molecular formula is C13H21N5O4S. The molecular weight excluding hydrogens is 322 g/mol. The van der Waals surface area contributed by atoms with Crippen LogP contribution >= 0.6 is 0 Å². The van der Waals surface area contributed by atoms with Crippen LogP contribution in [-0.4, -0.2) is 74.0 Å². The SMILES string of the molecule is CS(=O)(=O)N1CCOC(CNC(=O)c2n[nH]c3c2CCNC3)C1. The number of rotatable bonds is 4. The van der Waals surface area contributed by atoms with E-state index in [-0.39, 0.29) is 25.1 Å². The zero-order chi connectivity index (χ0) is 16.4. The van der Waals surface area contributed by atoms with E-state index in [0.29, 0.717) is 25.4 Å². The van der Waals surface area contributed by atoms with Gasteiger partial charge in [0.05, 0.1) is 24.7 Å². The number of ether oxygens (including phenoxy) is 1. The van der Waals surface area contributed by atoms with E-state index in [1.807, 2.05) is 0 Å². The summed E-state index contributed by atoms with van der Waals surface area (Å²) in [6.45, 7) is 2.69. The largest absolute Gasteiger partial charge is 0.374 e. The van der Waals surface area contributed by atoms with Gasteiger partial charge in [0.1, 0.15) is 0 Å². The van der Waals surface area contributed by atoms with Crippen molar-refractivity contribution in [2.45, 2.75) is 19.1 Å². The smallest absolute Gasteiger partial charge is 0.272 e. The first kappa shape index (κ1) is 16.4. The summed E-state index contributed by atoms with van der Waals surface area (Å²) in [5.74, 6) is -0.260. The average Bonchev–Trinajstić information content (AvgIpc) is 2.96. The van der Waals surface area contributed by atoms with Crippen LogP contribution < -0.4 is 10.6 Å². The topological polar surface area (TPSA) is 116 Å². The van der Waals surface area contributed by atoms with E-state index in [4.69, 9.17) is 4.74 Å². The van der Waals surface area contributed by atoms with Gasteiger partial charge in [-0.15, -0.1) is 0 Å². The third-order valence-corrected chi connectivity index (χ3v) is 5.35. The molecule has 3 N–H and O–H groups in total. The molecule has 1 amide bonds. The van der Waals surface area contributed by atoms with Crippen molar-refractivity contribution in [2.24, 2.45) is 0 Å². The molecule has 1 aromatic heterocycles. The Morgan fingerprint density at radius 1 is 1.52 bits per heavy atom. The number of carbonyl (C=O) groups is 1. The van der Waals surface area contributed by atoms with Crippen LogP contribution in [-0.2, 0) is 27.7 Å². The summed E-state index contributed by atoms with van der Waals surface area (Å²) in [6, 6.07) is 0. The summed E-state index contributed by atoms with van der Waals surface area (Å²) in [6.07, 6.45) is 1.59. The van der Waals surface area contributed by atoms with Gasteiger partial charge in [-0.3, -0.25) is 9.89 Å². The Morgan fingerprint density at radius 2 is 2.35 bits per heavy atom. The first-order valence-electron chi connectivity index (χ1n) is 7.57. The minimum atomic E-state index is -3.24. The summed E-state index contributed by atoms with van der Waals surface area (Å²) in [4.78, 5) is 12.3. The van der Waals surface area contributed by atoms with E-state index >= 15 is 0 Å². The zero-order valence-corrected chi connectivity index (χ0v) is 13.8. The Hall–Kier alpha value is -1.49. The molecule has 3 heterocycles. The van der Waals surface area contributed by atoms with Gasteiger partial charge in [-0.2, -0.15) is 9.40 Å². The molecule has 2 aliphatic heterocycles. The van der Waals surface area contributed by atoms with Gasteiger partial charge in [0.15, 0.2) is 5.69 Å². The zero-order valence-electron chi connectivity index (χ0n) is 13.0. The van der Waals surface area contributed by atoms with Gasteiger partial charge in [0.2, 0.25) is 10.0 Å². The van der Waals surface area contributed by atoms with E-state index in [1.165, 1.54) is 10.6 Å². The average molecular weight is 343 g/mol. The van der Waals surface area contributed by atoms with Crippen LogP contribution in [0.15, 0.2) is 0 Å². The number of carbonyl (C=O) groups excluding carboxylic acids is 1. The van der Waals surface area contributed by atoms with Crippen LogP contribution in [0.3, 0.4) is 0 Å². The number of H-pyrrole nitrogens is 1. The number of morpholine rings is 1. The van der Waals surface area contributed by atoms with E-state index in [1.54, 1.807) is 0 Å². The molecule has 0 spiro atoms. The van der Waals surface area contributed by atoms with Crippen molar-refractivity contribution in [3.63, 3.8) is 0 Å². The molecule has 1 atom stereocenters. The predicted molar refractivity (Wildman–Crippen MR) is 82.5 cm³/mol. The van der Waals surface area contributed by atoms with Gasteiger partial charge >= 0.3 is 0 Å². The monoisotopic (exact) mass is 343 g/mol. The molecule has 0 radical (unpaired) electrons. The second-order valence-electron chi connectivity index (χ2n) is 5.78. The Labute approximate surface area is 134 Å². The lowest BCUT2D eigenvalue weighted by Gasteiger charge is -2.31. The minimum absolute atomic E-state index is 0.252. The van der Waals surface area contributed by atoms with Crippen molar-refractivity contribution in [1.29, 1.82) is 0 Å². The van der Waals surface area contributed by atoms with Crippen LogP contribution in [0.2, 0.25) is 0 Å². The van der Waals surface area contributed by atoms with Crippen molar-refractivity contribution in [3.8, 4) is 0 Å². The van der Waals surface area contributed by atoms with Gasteiger partial charge in [-0.1, -0.05) is 0 Å². The highest BCUT2D eigenvalue weighted by Gasteiger charge is 2.27. The molecule has 0 saturated carbocycles. The van der Waals surface area contributed by atoms with Crippen LogP contribution in [0.5, 0.6) is 0 Å². The number of hydrogen-bond donors (Lipinski definition) is 3. The van der Waals surface area contributed by atoms with Gasteiger partial charge in [0, 0.05) is 31.7 Å². The molecule has 0 aliphatic carbocycles.